The highest BCUT2D eigenvalue weighted by molar-refractivity contribution is 7.61. The number of phosphoric acid groups is 2. The van der Waals surface area contributed by atoms with Gasteiger partial charge in [-0.2, -0.15) is 9.29 Å². The van der Waals surface area contributed by atoms with Crippen LogP contribution in [0.15, 0.2) is 90.0 Å². The van der Waals surface area contributed by atoms with E-state index in [2.05, 4.69) is 72.6 Å². The molecule has 21 heteroatoms. The summed E-state index contributed by atoms with van der Waals surface area (Å²) in [6.07, 6.45) is 30.5. The minimum atomic E-state index is -5.48. The van der Waals surface area contributed by atoms with Gasteiger partial charge in [0.1, 0.15) is 30.7 Å². The number of allylic oxidation sites excluding steroid dienone is 11. The summed E-state index contributed by atoms with van der Waals surface area (Å²) < 4.78 is 56.5. The molecular formula is C49H79N3O16P2. The molecule has 0 bridgehead atoms. The van der Waals surface area contributed by atoms with Crippen LogP contribution in [-0.2, 0) is 46.3 Å². The van der Waals surface area contributed by atoms with Gasteiger partial charge in [-0.05, 0) is 56.9 Å². The molecule has 396 valence electrons. The first kappa shape index (κ1) is 62.3. The van der Waals surface area contributed by atoms with Crippen molar-refractivity contribution < 1.29 is 71.4 Å². The molecule has 3 unspecified atom stereocenters. The van der Waals surface area contributed by atoms with Gasteiger partial charge in [-0.15, -0.1) is 0 Å². The van der Waals surface area contributed by atoms with E-state index >= 15 is 0 Å². The van der Waals surface area contributed by atoms with Crippen molar-refractivity contribution in [2.75, 3.05) is 25.6 Å². The summed E-state index contributed by atoms with van der Waals surface area (Å²) in [4.78, 5) is 61.8. The first-order valence-corrected chi connectivity index (χ1v) is 27.4. The molecule has 2 heterocycles. The smallest absolute Gasteiger partial charge is 0.462 e. The summed E-state index contributed by atoms with van der Waals surface area (Å²) in [6, 6.07) is 1.23. The highest BCUT2D eigenvalue weighted by Crippen LogP contribution is 2.60. The van der Waals surface area contributed by atoms with Crippen molar-refractivity contribution in [3.8, 4) is 0 Å². The van der Waals surface area contributed by atoms with Gasteiger partial charge in [0.25, 0.3) is 0 Å². The molecule has 1 aliphatic rings. The first-order chi connectivity index (χ1) is 33.4. The lowest BCUT2D eigenvalue weighted by atomic mass is 10.0. The largest absolute Gasteiger partial charge is 0.481 e. The van der Waals surface area contributed by atoms with Crippen molar-refractivity contribution >= 4 is 33.4 Å². The second kappa shape index (κ2) is 36.1. The zero-order valence-electron chi connectivity index (χ0n) is 41.1. The van der Waals surface area contributed by atoms with Crippen LogP contribution in [0.1, 0.15) is 143 Å². The SMILES string of the molecule is CC/C=C\C/C=C\C/C=C\C/C=C\C/C=C\C=C/C(O)CCC(=O)O[C@H](COC(=O)CCCCCCCCCCCC(C)C)COP(=O)(O)OP(=O)(O)OC[C@H]1O[C@@H](n2ccc(N)nc2=O)[C@H](O)[C@@H]1O. The number of nitrogen functional groups attached to an aromatic ring is 1. The third kappa shape index (κ3) is 29.5. The molecule has 0 aliphatic carbocycles. The molecule has 0 saturated carbocycles. The van der Waals surface area contributed by atoms with Gasteiger partial charge in [-0.1, -0.05) is 151 Å². The van der Waals surface area contributed by atoms with Crippen LogP contribution < -0.4 is 11.4 Å². The number of anilines is 1. The molecule has 1 aliphatic heterocycles. The maximum absolute atomic E-state index is 12.9. The summed E-state index contributed by atoms with van der Waals surface area (Å²) in [5, 5.41) is 31.3. The Kier molecular flexibility index (Phi) is 32.1. The van der Waals surface area contributed by atoms with Crippen LogP contribution in [0.2, 0.25) is 0 Å². The molecule has 1 saturated heterocycles. The number of phosphoric ester groups is 2. The van der Waals surface area contributed by atoms with Gasteiger partial charge in [0.15, 0.2) is 12.3 Å². The Balaban J connectivity index is 1.88. The summed E-state index contributed by atoms with van der Waals surface area (Å²) in [5.41, 5.74) is 4.56. The van der Waals surface area contributed by atoms with E-state index in [1.165, 1.54) is 44.2 Å². The Hall–Kier alpha value is -3.84. The fraction of sp³-hybridized carbons (Fsp3) is 0.633. The normalized spacial score (nSPS) is 20.4. The Morgan fingerprint density at radius 2 is 1.34 bits per heavy atom. The maximum Gasteiger partial charge on any atom is 0.481 e. The minimum Gasteiger partial charge on any atom is -0.462 e. The number of nitrogens with two attached hydrogens (primary N) is 1. The van der Waals surface area contributed by atoms with Gasteiger partial charge in [0, 0.05) is 19.0 Å². The Labute approximate surface area is 413 Å². The van der Waals surface area contributed by atoms with Crippen LogP contribution in [0, 0.1) is 5.92 Å². The molecule has 0 spiro atoms. The van der Waals surface area contributed by atoms with Crippen molar-refractivity contribution in [3.05, 3.63) is 95.7 Å². The maximum atomic E-state index is 12.9. The standard InChI is InChI=1S/C49H79N3O16P2/c1-4-5-6-7-8-9-10-11-12-13-14-15-18-21-24-27-30-40(53)32-33-45(55)66-41(36-63-44(54)31-28-25-22-19-16-17-20-23-26-29-39(2)3)37-64-69(59,60)68-70(61,62)65-38-42-46(56)47(57)48(67-42)52-35-34-43(50)51-49(52)58/h5-6,8-9,11-12,14-15,21,24,27,30,34-35,39-42,46-48,53,56-57H,4,7,10,13,16-20,22-23,25-26,28-29,31-33,36-38H2,1-3H3,(H,59,60)(H,61,62)(H2,50,51,58)/b6-5-,9-8-,12-11-,15-14-,24-21-,30-27-/t40?,41-,42-,46-,47-,48-/m1/s1. The van der Waals surface area contributed by atoms with Crippen molar-refractivity contribution in [2.24, 2.45) is 5.92 Å². The number of esters is 2. The number of hydrogen-bond acceptors (Lipinski definition) is 16. The highest BCUT2D eigenvalue weighted by atomic mass is 31.3. The van der Waals surface area contributed by atoms with Gasteiger partial charge >= 0.3 is 33.3 Å². The zero-order chi connectivity index (χ0) is 51.6. The third-order valence-corrected chi connectivity index (χ3v) is 13.2. The second-order valence-electron chi connectivity index (χ2n) is 17.3. The van der Waals surface area contributed by atoms with E-state index in [4.69, 9.17) is 29.0 Å². The molecule has 70 heavy (non-hydrogen) atoms. The lowest BCUT2D eigenvalue weighted by Crippen LogP contribution is -2.36. The number of aliphatic hydroxyl groups is 3. The number of ether oxygens (including phenoxy) is 3. The quantitative estimate of drug-likeness (QED) is 0.0119. The molecule has 0 radical (unpaired) electrons. The Morgan fingerprint density at radius 1 is 0.771 bits per heavy atom. The number of carbonyl (C=O) groups is 2. The lowest BCUT2D eigenvalue weighted by Gasteiger charge is -2.21. The fourth-order valence-electron chi connectivity index (χ4n) is 6.78. The minimum absolute atomic E-state index is 0.0526. The number of hydrogen-bond donors (Lipinski definition) is 6. The van der Waals surface area contributed by atoms with E-state index in [0.29, 0.717) is 12.8 Å². The average molecular weight is 1030 g/mol. The predicted molar refractivity (Wildman–Crippen MR) is 267 cm³/mol. The number of aromatic nitrogens is 2. The summed E-state index contributed by atoms with van der Waals surface area (Å²) in [5.74, 6) is -0.875. The number of unbranched alkanes of at least 4 members (excludes halogenated alkanes) is 8. The summed E-state index contributed by atoms with van der Waals surface area (Å²) in [6.45, 7) is 4.05. The predicted octanol–water partition coefficient (Wildman–Crippen LogP) is 8.55. The summed E-state index contributed by atoms with van der Waals surface area (Å²) in [7, 11) is -11.0. The van der Waals surface area contributed by atoms with E-state index in [-0.39, 0.29) is 25.1 Å². The molecule has 7 N–H and O–H groups in total. The van der Waals surface area contributed by atoms with Crippen LogP contribution in [0.5, 0.6) is 0 Å². The molecule has 0 aromatic carbocycles. The van der Waals surface area contributed by atoms with Gasteiger partial charge in [-0.25, -0.2) is 13.9 Å². The Morgan fingerprint density at radius 3 is 1.94 bits per heavy atom. The molecular weight excluding hydrogens is 948 g/mol. The van der Waals surface area contributed by atoms with Gasteiger partial charge in [-0.3, -0.25) is 23.2 Å². The molecule has 8 atom stereocenters. The topological polar surface area (TPSA) is 286 Å². The zero-order valence-corrected chi connectivity index (χ0v) is 42.9. The van der Waals surface area contributed by atoms with Gasteiger partial charge < -0.3 is 45.1 Å². The fourth-order valence-corrected chi connectivity index (χ4v) is 8.89. The van der Waals surface area contributed by atoms with Crippen LogP contribution in [0.4, 0.5) is 5.82 Å². The average Bonchev–Trinajstić information content (AvgIpc) is 3.58. The Bertz CT molecular complexity index is 1990. The first-order valence-electron chi connectivity index (χ1n) is 24.4. The number of nitrogens with zero attached hydrogens (tertiary/aromatic N) is 2. The molecule has 2 rings (SSSR count). The van der Waals surface area contributed by atoms with Crippen LogP contribution in [-0.4, -0.2) is 96.9 Å². The van der Waals surface area contributed by atoms with Crippen molar-refractivity contribution in [1.82, 2.24) is 9.55 Å². The van der Waals surface area contributed by atoms with E-state index in [1.54, 1.807) is 12.2 Å². The highest BCUT2D eigenvalue weighted by Gasteiger charge is 2.46. The van der Waals surface area contributed by atoms with Crippen LogP contribution in [0.3, 0.4) is 0 Å². The molecule has 19 nitrogen and oxygen atoms in total. The van der Waals surface area contributed by atoms with Crippen molar-refractivity contribution in [3.63, 3.8) is 0 Å². The van der Waals surface area contributed by atoms with E-state index < -0.39 is 89.8 Å². The van der Waals surface area contributed by atoms with Gasteiger partial charge in [0.05, 0.1) is 19.3 Å². The molecule has 1 aromatic rings. The monoisotopic (exact) mass is 1030 g/mol. The number of carbonyl (C=O) groups excluding carboxylic acids is 2. The summed E-state index contributed by atoms with van der Waals surface area (Å²) >= 11 is 0. The van der Waals surface area contributed by atoms with Crippen molar-refractivity contribution in [1.29, 1.82) is 0 Å². The van der Waals surface area contributed by atoms with Crippen LogP contribution in [0.25, 0.3) is 0 Å². The van der Waals surface area contributed by atoms with E-state index in [9.17, 15) is 48.6 Å². The van der Waals surface area contributed by atoms with Crippen LogP contribution >= 0.6 is 15.6 Å². The second-order valence-corrected chi connectivity index (χ2v) is 20.3. The van der Waals surface area contributed by atoms with E-state index in [1.807, 2.05) is 12.2 Å². The molecule has 0 amide bonds. The molecule has 1 aromatic heterocycles. The third-order valence-electron chi connectivity index (χ3n) is 10.6. The molecule has 1 fully saturated rings. The number of aliphatic hydroxyl groups excluding tert-OH is 3. The van der Waals surface area contributed by atoms with Gasteiger partial charge in [0.2, 0.25) is 0 Å². The lowest BCUT2D eigenvalue weighted by molar-refractivity contribution is -0.161. The number of rotatable bonds is 38. The van der Waals surface area contributed by atoms with E-state index in [0.717, 1.165) is 68.0 Å². The van der Waals surface area contributed by atoms with Crippen molar-refractivity contribution in [2.45, 2.75) is 173 Å².